The normalized spacial score (nSPS) is 26.6. The summed E-state index contributed by atoms with van der Waals surface area (Å²) in [6, 6.07) is 22.8. The number of aromatic nitrogens is 1. The number of carbonyl (C=O) groups is 1. The van der Waals surface area contributed by atoms with Gasteiger partial charge >= 0.3 is 0 Å². The Morgan fingerprint density at radius 3 is 2.40 bits per heavy atom. The van der Waals surface area contributed by atoms with E-state index >= 15 is 0 Å². The van der Waals surface area contributed by atoms with E-state index in [9.17, 15) is 4.79 Å². The van der Waals surface area contributed by atoms with Gasteiger partial charge in [-0.05, 0) is 41.0 Å². The molecule has 4 nitrogen and oxygen atoms in total. The molecule has 1 aromatic heterocycles. The molecule has 4 heteroatoms. The van der Waals surface area contributed by atoms with Crippen LogP contribution < -0.4 is 4.90 Å². The lowest BCUT2D eigenvalue weighted by molar-refractivity contribution is -0.114. The van der Waals surface area contributed by atoms with Crippen molar-refractivity contribution in [3.8, 4) is 11.1 Å². The number of hydrogen-bond donors (Lipinski definition) is 0. The lowest BCUT2D eigenvalue weighted by Crippen LogP contribution is -2.45. The molecule has 0 aliphatic carbocycles. The number of ether oxygens (including phenoxy) is 1. The fourth-order valence-electron chi connectivity index (χ4n) is 4.86. The molecule has 0 radical (unpaired) electrons. The van der Waals surface area contributed by atoms with E-state index in [1.165, 1.54) is 11.1 Å². The molecular formula is C26H24N2O2. The second-order valence-electron chi connectivity index (χ2n) is 8.13. The molecule has 3 heterocycles. The van der Waals surface area contributed by atoms with Crippen LogP contribution in [0.2, 0.25) is 0 Å². The quantitative estimate of drug-likeness (QED) is 0.455. The van der Waals surface area contributed by atoms with Crippen molar-refractivity contribution in [1.29, 1.82) is 0 Å². The van der Waals surface area contributed by atoms with Crippen LogP contribution in [0.5, 0.6) is 0 Å². The summed E-state index contributed by atoms with van der Waals surface area (Å²) in [5.74, 6) is -0.190. The van der Waals surface area contributed by atoms with Crippen LogP contribution in [0.3, 0.4) is 0 Å². The molecule has 3 aromatic rings. The molecule has 30 heavy (non-hydrogen) atoms. The molecule has 2 aliphatic heterocycles. The van der Waals surface area contributed by atoms with Gasteiger partial charge < -0.3 is 14.4 Å². The third kappa shape index (κ3) is 3.14. The van der Waals surface area contributed by atoms with Gasteiger partial charge in [-0.15, -0.1) is 0 Å². The van der Waals surface area contributed by atoms with Gasteiger partial charge in [0.15, 0.2) is 0 Å². The van der Waals surface area contributed by atoms with E-state index in [0.717, 1.165) is 17.5 Å². The average molecular weight is 396 g/mol. The number of hydrogen-bond acceptors (Lipinski definition) is 4. The predicted octanol–water partition coefficient (Wildman–Crippen LogP) is 4.49. The molecule has 1 fully saturated rings. The van der Waals surface area contributed by atoms with Crippen molar-refractivity contribution >= 4 is 12.0 Å². The highest BCUT2D eigenvalue weighted by Crippen LogP contribution is 2.51. The maximum Gasteiger partial charge on any atom is 0.127 e. The fraction of sp³-hybridized carbons (Fsp3) is 0.231. The van der Waals surface area contributed by atoms with Gasteiger partial charge in [0, 0.05) is 31.0 Å². The number of aldehydes is 1. The zero-order chi connectivity index (χ0) is 20.6. The monoisotopic (exact) mass is 396 g/mol. The van der Waals surface area contributed by atoms with Crippen LogP contribution in [0.15, 0.2) is 91.3 Å². The van der Waals surface area contributed by atoms with Crippen LogP contribution in [-0.2, 0) is 9.53 Å². The molecule has 2 bridgehead atoms. The first-order valence-electron chi connectivity index (χ1n) is 10.3. The molecule has 150 valence electrons. The van der Waals surface area contributed by atoms with E-state index in [2.05, 4.69) is 65.5 Å². The van der Waals surface area contributed by atoms with Gasteiger partial charge in [-0.3, -0.25) is 4.98 Å². The Labute approximate surface area is 176 Å². The lowest BCUT2D eigenvalue weighted by Gasteiger charge is -2.34. The van der Waals surface area contributed by atoms with Crippen molar-refractivity contribution in [2.75, 3.05) is 18.5 Å². The topological polar surface area (TPSA) is 42.4 Å². The average Bonchev–Trinajstić information content (AvgIpc) is 3.36. The third-order valence-corrected chi connectivity index (χ3v) is 6.37. The molecular weight excluding hydrogens is 372 g/mol. The summed E-state index contributed by atoms with van der Waals surface area (Å²) in [7, 11) is 2.05. The maximum absolute atomic E-state index is 12.2. The van der Waals surface area contributed by atoms with Gasteiger partial charge in [-0.1, -0.05) is 54.6 Å². The molecule has 2 aromatic carbocycles. The number of nitrogens with zero attached hydrogens (tertiary/aromatic N) is 2. The standard InChI is InChI=1S/C26H24N2O2/c1-28(22-9-7-20(8-10-22)19-5-3-2-4-6-19)18-26-14-11-24(30-26)25(23(26)17-29)21-12-15-27-16-13-21/h2-17,23-25H,18H2,1H3/t23-,24+,25+,26+/m0/s1. The van der Waals surface area contributed by atoms with E-state index in [0.29, 0.717) is 6.54 Å². The maximum atomic E-state index is 12.2. The van der Waals surface area contributed by atoms with Crippen molar-refractivity contribution in [1.82, 2.24) is 4.98 Å². The van der Waals surface area contributed by atoms with E-state index in [1.54, 1.807) is 12.4 Å². The van der Waals surface area contributed by atoms with Crippen molar-refractivity contribution in [2.24, 2.45) is 5.92 Å². The van der Waals surface area contributed by atoms with E-state index in [1.807, 2.05) is 30.3 Å². The van der Waals surface area contributed by atoms with E-state index in [4.69, 9.17) is 4.74 Å². The van der Waals surface area contributed by atoms with Gasteiger partial charge in [-0.2, -0.15) is 0 Å². The van der Waals surface area contributed by atoms with Gasteiger partial charge in [-0.25, -0.2) is 0 Å². The summed E-state index contributed by atoms with van der Waals surface area (Å²) >= 11 is 0. The minimum atomic E-state index is -0.604. The Morgan fingerprint density at radius 2 is 1.70 bits per heavy atom. The number of carbonyl (C=O) groups excluding carboxylic acids is 1. The first-order valence-corrected chi connectivity index (χ1v) is 10.3. The van der Waals surface area contributed by atoms with Crippen molar-refractivity contribution in [3.63, 3.8) is 0 Å². The molecule has 2 aliphatic rings. The van der Waals surface area contributed by atoms with Gasteiger partial charge in [0.25, 0.3) is 0 Å². The summed E-state index contributed by atoms with van der Waals surface area (Å²) in [6.45, 7) is 0.621. The smallest absolute Gasteiger partial charge is 0.127 e. The zero-order valence-electron chi connectivity index (χ0n) is 16.9. The van der Waals surface area contributed by atoms with Gasteiger partial charge in [0.05, 0.1) is 18.6 Å². The van der Waals surface area contributed by atoms with Gasteiger partial charge in [0.1, 0.15) is 11.9 Å². The Balaban J connectivity index is 1.37. The Kier molecular flexibility index (Phi) is 4.72. The van der Waals surface area contributed by atoms with Crippen molar-refractivity contribution in [2.45, 2.75) is 17.6 Å². The summed E-state index contributed by atoms with van der Waals surface area (Å²) < 4.78 is 6.41. The number of likely N-dealkylation sites (N-methyl/N-ethyl adjacent to an activating group) is 1. The first-order chi connectivity index (χ1) is 14.7. The van der Waals surface area contributed by atoms with Crippen LogP contribution in [-0.4, -0.2) is 36.6 Å². The Morgan fingerprint density at radius 1 is 1.00 bits per heavy atom. The third-order valence-electron chi connectivity index (χ3n) is 6.37. The predicted molar refractivity (Wildman–Crippen MR) is 118 cm³/mol. The number of fused-ring (bicyclic) bond motifs is 2. The molecule has 0 spiro atoms. The van der Waals surface area contributed by atoms with Crippen molar-refractivity contribution < 1.29 is 9.53 Å². The largest absolute Gasteiger partial charge is 0.371 e. The van der Waals surface area contributed by atoms with Crippen LogP contribution >= 0.6 is 0 Å². The summed E-state index contributed by atoms with van der Waals surface area (Å²) in [4.78, 5) is 18.4. The summed E-state index contributed by atoms with van der Waals surface area (Å²) in [5.41, 5.74) is 3.99. The molecule has 1 saturated heterocycles. The number of pyridine rings is 1. The number of benzene rings is 2. The highest BCUT2D eigenvalue weighted by atomic mass is 16.5. The van der Waals surface area contributed by atoms with E-state index in [-0.39, 0.29) is 17.9 Å². The van der Waals surface area contributed by atoms with Gasteiger partial charge in [0.2, 0.25) is 0 Å². The molecule has 4 atom stereocenters. The van der Waals surface area contributed by atoms with Crippen LogP contribution in [0.4, 0.5) is 5.69 Å². The SMILES string of the molecule is CN(C[C@@]12C=C[C@@H](O1)[C@H](c1ccncc1)[C@@H]2C=O)c1ccc(-c2ccccc2)cc1. The second kappa shape index (κ2) is 7.54. The van der Waals surface area contributed by atoms with E-state index < -0.39 is 5.60 Å². The summed E-state index contributed by atoms with van der Waals surface area (Å²) in [5, 5.41) is 0. The lowest BCUT2D eigenvalue weighted by atomic mass is 9.73. The summed E-state index contributed by atoms with van der Waals surface area (Å²) in [6.07, 6.45) is 8.75. The molecule has 0 unspecified atom stereocenters. The van der Waals surface area contributed by atoms with Crippen LogP contribution in [0.1, 0.15) is 11.5 Å². The molecule has 0 saturated carbocycles. The van der Waals surface area contributed by atoms with Crippen molar-refractivity contribution in [3.05, 3.63) is 96.8 Å². The minimum Gasteiger partial charge on any atom is -0.371 e. The molecule has 0 amide bonds. The first kappa shape index (κ1) is 18.8. The Hall–Kier alpha value is -3.24. The van der Waals surface area contributed by atoms with Crippen LogP contribution in [0, 0.1) is 5.92 Å². The highest BCUT2D eigenvalue weighted by Gasteiger charge is 2.57. The molecule has 0 N–H and O–H groups in total. The number of anilines is 1. The van der Waals surface area contributed by atoms with Crippen LogP contribution in [0.25, 0.3) is 11.1 Å². The Bertz CT molecular complexity index is 1050. The molecule has 5 rings (SSSR count). The number of rotatable bonds is 6. The fourth-order valence-corrected chi connectivity index (χ4v) is 4.86. The minimum absolute atomic E-state index is 0.0318. The highest BCUT2D eigenvalue weighted by molar-refractivity contribution is 5.67. The second-order valence-corrected chi connectivity index (χ2v) is 8.13. The zero-order valence-corrected chi connectivity index (χ0v) is 16.9.